The number of nitrogens with one attached hydrogen (secondary N) is 2. The molecule has 2 rings (SSSR count). The number of anilines is 1. The topological polar surface area (TPSA) is 53.6 Å². The summed E-state index contributed by atoms with van der Waals surface area (Å²) in [5.74, 6) is 0.427. The largest absolute Gasteiger partial charge is 0.462 e. The third-order valence-electron chi connectivity index (χ3n) is 4.53. The standard InChI is InChI=1S/C19H28ClN3O2S/c1-3-25-18(24)16-13-15(5-6-17(16)20)22-19(26)21-9-4-10-23-11-7-14(2)8-12-23/h5-6,13-14H,3-4,7-12H2,1-2H3,(H2,21,22,26). The van der Waals surface area contributed by atoms with Crippen molar-refractivity contribution in [2.24, 2.45) is 5.92 Å². The van der Waals surface area contributed by atoms with E-state index in [-0.39, 0.29) is 0 Å². The number of carbonyl (C=O) groups excluding carboxylic acids is 1. The van der Waals surface area contributed by atoms with Gasteiger partial charge < -0.3 is 20.3 Å². The molecule has 0 unspecified atom stereocenters. The van der Waals surface area contributed by atoms with Gasteiger partial charge in [-0.25, -0.2) is 4.79 Å². The van der Waals surface area contributed by atoms with E-state index in [0.717, 1.165) is 25.4 Å². The number of esters is 1. The van der Waals surface area contributed by atoms with Crippen LogP contribution < -0.4 is 10.6 Å². The Hall–Kier alpha value is -1.37. The van der Waals surface area contributed by atoms with Crippen LogP contribution in [-0.2, 0) is 4.74 Å². The van der Waals surface area contributed by atoms with Crippen LogP contribution in [0.1, 0.15) is 43.5 Å². The van der Waals surface area contributed by atoms with Crippen LogP contribution in [0, 0.1) is 5.92 Å². The van der Waals surface area contributed by atoms with Gasteiger partial charge in [-0.2, -0.15) is 0 Å². The second-order valence-electron chi connectivity index (χ2n) is 6.67. The molecule has 2 N–H and O–H groups in total. The molecule has 1 aromatic rings. The summed E-state index contributed by atoms with van der Waals surface area (Å²) >= 11 is 11.4. The van der Waals surface area contributed by atoms with E-state index < -0.39 is 5.97 Å². The molecule has 0 radical (unpaired) electrons. The molecule has 0 saturated carbocycles. The lowest BCUT2D eigenvalue weighted by Gasteiger charge is -2.30. The average Bonchev–Trinajstić information content (AvgIpc) is 2.62. The normalized spacial score (nSPS) is 15.5. The number of benzene rings is 1. The van der Waals surface area contributed by atoms with E-state index in [1.165, 1.54) is 25.9 Å². The third-order valence-corrected chi connectivity index (χ3v) is 5.11. The van der Waals surface area contributed by atoms with Crippen LogP contribution in [-0.4, -0.2) is 48.8 Å². The Balaban J connectivity index is 1.73. The molecule has 26 heavy (non-hydrogen) atoms. The molecule has 1 saturated heterocycles. The number of hydrogen-bond donors (Lipinski definition) is 2. The summed E-state index contributed by atoms with van der Waals surface area (Å²) in [7, 11) is 0. The Morgan fingerprint density at radius 1 is 1.38 bits per heavy atom. The number of thiocarbonyl (C=S) groups is 1. The maximum absolute atomic E-state index is 11.9. The van der Waals surface area contributed by atoms with Crippen LogP contribution in [0.4, 0.5) is 5.69 Å². The molecule has 1 fully saturated rings. The fourth-order valence-electron chi connectivity index (χ4n) is 2.93. The van der Waals surface area contributed by atoms with Gasteiger partial charge in [-0.05, 0) is 82.2 Å². The van der Waals surface area contributed by atoms with Gasteiger partial charge >= 0.3 is 5.97 Å². The Labute approximate surface area is 166 Å². The molecule has 144 valence electrons. The second kappa shape index (κ2) is 10.7. The number of nitrogens with zero attached hydrogens (tertiary/aromatic N) is 1. The molecule has 5 nitrogen and oxygen atoms in total. The van der Waals surface area contributed by atoms with Gasteiger partial charge in [-0.1, -0.05) is 18.5 Å². The number of ether oxygens (including phenoxy) is 1. The maximum Gasteiger partial charge on any atom is 0.339 e. The van der Waals surface area contributed by atoms with E-state index in [0.29, 0.717) is 28.0 Å². The van der Waals surface area contributed by atoms with E-state index >= 15 is 0 Å². The molecule has 1 heterocycles. The van der Waals surface area contributed by atoms with Gasteiger partial charge in [0.1, 0.15) is 0 Å². The minimum atomic E-state index is -0.434. The molecule has 7 heteroatoms. The van der Waals surface area contributed by atoms with Crippen molar-refractivity contribution in [3.63, 3.8) is 0 Å². The first-order valence-corrected chi connectivity index (χ1v) is 10.0. The van der Waals surface area contributed by atoms with Gasteiger partial charge in [-0.15, -0.1) is 0 Å². The molecule has 0 aliphatic carbocycles. The zero-order valence-electron chi connectivity index (χ0n) is 15.5. The maximum atomic E-state index is 11.9. The summed E-state index contributed by atoms with van der Waals surface area (Å²) in [6.45, 7) is 8.70. The third kappa shape index (κ3) is 6.74. The van der Waals surface area contributed by atoms with Crippen molar-refractivity contribution < 1.29 is 9.53 Å². The minimum Gasteiger partial charge on any atom is -0.462 e. The predicted molar refractivity (Wildman–Crippen MR) is 111 cm³/mol. The Kier molecular flexibility index (Phi) is 8.62. The smallest absolute Gasteiger partial charge is 0.339 e. The van der Waals surface area contributed by atoms with Crippen LogP contribution in [0.3, 0.4) is 0 Å². The zero-order valence-corrected chi connectivity index (χ0v) is 17.1. The first kappa shape index (κ1) is 20.9. The molecule has 0 atom stereocenters. The van der Waals surface area contributed by atoms with Crippen LogP contribution in [0.5, 0.6) is 0 Å². The van der Waals surface area contributed by atoms with Gasteiger partial charge in [0.2, 0.25) is 0 Å². The highest BCUT2D eigenvalue weighted by molar-refractivity contribution is 7.80. The molecular weight excluding hydrogens is 370 g/mol. The van der Waals surface area contributed by atoms with Gasteiger partial charge in [-0.3, -0.25) is 0 Å². The highest BCUT2D eigenvalue weighted by Gasteiger charge is 2.15. The van der Waals surface area contributed by atoms with Gasteiger partial charge in [0, 0.05) is 12.2 Å². The summed E-state index contributed by atoms with van der Waals surface area (Å²) in [5.41, 5.74) is 1.04. The fraction of sp³-hybridized carbons (Fsp3) is 0.579. The number of rotatable bonds is 7. The Morgan fingerprint density at radius 3 is 2.81 bits per heavy atom. The molecule has 1 aliphatic heterocycles. The second-order valence-corrected chi connectivity index (χ2v) is 7.49. The van der Waals surface area contributed by atoms with Crippen molar-refractivity contribution in [1.29, 1.82) is 0 Å². The molecular formula is C19H28ClN3O2S. The number of carbonyl (C=O) groups is 1. The van der Waals surface area contributed by atoms with E-state index in [1.54, 1.807) is 25.1 Å². The molecule has 0 bridgehead atoms. The molecule has 0 aromatic heterocycles. The monoisotopic (exact) mass is 397 g/mol. The van der Waals surface area contributed by atoms with E-state index in [9.17, 15) is 4.79 Å². The lowest BCUT2D eigenvalue weighted by atomic mass is 9.99. The van der Waals surface area contributed by atoms with Gasteiger partial charge in [0.05, 0.1) is 17.2 Å². The highest BCUT2D eigenvalue weighted by Crippen LogP contribution is 2.21. The highest BCUT2D eigenvalue weighted by atomic mass is 35.5. The number of hydrogen-bond acceptors (Lipinski definition) is 4. The lowest BCUT2D eigenvalue weighted by Crippen LogP contribution is -2.36. The zero-order chi connectivity index (χ0) is 18.9. The number of halogens is 1. The molecule has 0 spiro atoms. The van der Waals surface area contributed by atoms with Crippen molar-refractivity contribution in [2.45, 2.75) is 33.1 Å². The van der Waals surface area contributed by atoms with Crippen molar-refractivity contribution in [1.82, 2.24) is 10.2 Å². The SMILES string of the molecule is CCOC(=O)c1cc(NC(=S)NCCCN2CCC(C)CC2)ccc1Cl. The van der Waals surface area contributed by atoms with Gasteiger partial charge in [0.25, 0.3) is 0 Å². The summed E-state index contributed by atoms with van der Waals surface area (Å²) in [6.07, 6.45) is 3.64. The minimum absolute atomic E-state index is 0.308. The summed E-state index contributed by atoms with van der Waals surface area (Å²) < 4.78 is 5.01. The van der Waals surface area contributed by atoms with Gasteiger partial charge in [0.15, 0.2) is 5.11 Å². The molecule has 0 amide bonds. The fourth-order valence-corrected chi connectivity index (χ4v) is 3.35. The molecule has 1 aliphatic rings. The van der Waals surface area contributed by atoms with Crippen LogP contribution >= 0.6 is 23.8 Å². The van der Waals surface area contributed by atoms with E-state index in [4.69, 9.17) is 28.6 Å². The molecule has 1 aromatic carbocycles. The van der Waals surface area contributed by atoms with Crippen LogP contribution in [0.2, 0.25) is 5.02 Å². The Morgan fingerprint density at radius 2 is 2.12 bits per heavy atom. The van der Waals surface area contributed by atoms with Crippen molar-refractivity contribution in [3.05, 3.63) is 28.8 Å². The first-order valence-electron chi connectivity index (χ1n) is 9.23. The van der Waals surface area contributed by atoms with E-state index in [2.05, 4.69) is 22.5 Å². The average molecular weight is 398 g/mol. The first-order chi connectivity index (χ1) is 12.5. The van der Waals surface area contributed by atoms with Crippen molar-refractivity contribution >= 4 is 40.6 Å². The predicted octanol–water partition coefficient (Wildman–Crippen LogP) is 3.93. The number of likely N-dealkylation sites (tertiary alicyclic amines) is 1. The summed E-state index contributed by atoms with van der Waals surface area (Å²) in [5, 5.41) is 7.20. The quantitative estimate of drug-likeness (QED) is 0.413. The number of piperidine rings is 1. The summed E-state index contributed by atoms with van der Waals surface area (Å²) in [6, 6.07) is 5.10. The van der Waals surface area contributed by atoms with Crippen molar-refractivity contribution in [2.75, 3.05) is 38.1 Å². The van der Waals surface area contributed by atoms with Crippen LogP contribution in [0.25, 0.3) is 0 Å². The Bertz CT molecular complexity index is 619. The van der Waals surface area contributed by atoms with E-state index in [1.807, 2.05) is 0 Å². The van der Waals surface area contributed by atoms with Crippen molar-refractivity contribution in [3.8, 4) is 0 Å². The lowest BCUT2D eigenvalue weighted by molar-refractivity contribution is 0.0526. The van der Waals surface area contributed by atoms with Crippen LogP contribution in [0.15, 0.2) is 18.2 Å². The summed E-state index contributed by atoms with van der Waals surface area (Å²) in [4.78, 5) is 14.4.